The van der Waals surface area contributed by atoms with Gasteiger partial charge in [-0.25, -0.2) is 0 Å². The van der Waals surface area contributed by atoms with Crippen molar-refractivity contribution in [3.8, 4) is 22.8 Å². The molecular weight excluding hydrogens is 258 g/mol. The van der Waals surface area contributed by atoms with E-state index in [1.54, 1.807) is 32.5 Å². The summed E-state index contributed by atoms with van der Waals surface area (Å²) in [7, 11) is 3.16. The molecule has 2 aromatic heterocycles. The number of aromatic nitrogens is 3. The van der Waals surface area contributed by atoms with Gasteiger partial charge in [-0.2, -0.15) is 9.61 Å². The highest BCUT2D eigenvalue weighted by Crippen LogP contribution is 2.31. The smallest absolute Gasteiger partial charge is 0.274 e. The minimum Gasteiger partial charge on any atom is -0.493 e. The number of rotatable bonds is 3. The molecule has 6 nitrogen and oxygen atoms in total. The number of H-pyrrole nitrogens is 1. The fourth-order valence-electron chi connectivity index (χ4n) is 2.09. The zero-order valence-corrected chi connectivity index (χ0v) is 11.1. The van der Waals surface area contributed by atoms with Gasteiger partial charge in [-0.05, 0) is 18.2 Å². The van der Waals surface area contributed by atoms with Gasteiger partial charge in [0, 0.05) is 17.7 Å². The molecule has 0 aliphatic carbocycles. The minimum absolute atomic E-state index is 0.187. The third-order valence-electron chi connectivity index (χ3n) is 3.08. The first-order valence-corrected chi connectivity index (χ1v) is 6.02. The van der Waals surface area contributed by atoms with Gasteiger partial charge in [0.05, 0.1) is 26.1 Å². The summed E-state index contributed by atoms with van der Waals surface area (Å²) in [4.78, 5) is 15.1. The monoisotopic (exact) mass is 271 g/mol. The maximum absolute atomic E-state index is 11.9. The maximum atomic E-state index is 11.9. The number of ether oxygens (including phenoxy) is 2. The number of benzene rings is 1. The molecule has 0 radical (unpaired) electrons. The van der Waals surface area contributed by atoms with Gasteiger partial charge >= 0.3 is 0 Å². The van der Waals surface area contributed by atoms with Crippen LogP contribution in [0, 0.1) is 0 Å². The van der Waals surface area contributed by atoms with Crippen molar-refractivity contribution in [2.45, 2.75) is 0 Å². The van der Waals surface area contributed by atoms with Crippen molar-refractivity contribution in [2.75, 3.05) is 14.2 Å². The highest BCUT2D eigenvalue weighted by molar-refractivity contribution is 5.65. The van der Waals surface area contributed by atoms with Crippen molar-refractivity contribution >= 4 is 5.65 Å². The standard InChI is InChI=1S/C14H13N3O3/c1-19-11-4-3-9(7-12(11)20-2)10-8-14(18)17-13(16-10)5-6-15-17/h3-8,16H,1-2H3. The van der Waals surface area contributed by atoms with Crippen molar-refractivity contribution in [1.82, 2.24) is 14.6 Å². The molecule has 0 saturated heterocycles. The zero-order valence-electron chi connectivity index (χ0n) is 11.1. The van der Waals surface area contributed by atoms with Gasteiger partial charge in [0.15, 0.2) is 11.5 Å². The van der Waals surface area contributed by atoms with E-state index in [1.807, 2.05) is 12.1 Å². The van der Waals surface area contributed by atoms with E-state index in [9.17, 15) is 4.79 Å². The number of hydrogen-bond donors (Lipinski definition) is 1. The van der Waals surface area contributed by atoms with Gasteiger partial charge in [0.2, 0.25) is 0 Å². The summed E-state index contributed by atoms with van der Waals surface area (Å²) in [6, 6.07) is 8.72. The second-order valence-electron chi connectivity index (χ2n) is 4.22. The van der Waals surface area contributed by atoms with Crippen LogP contribution in [0.1, 0.15) is 0 Å². The molecule has 3 rings (SSSR count). The molecule has 0 bridgehead atoms. The van der Waals surface area contributed by atoms with Crippen LogP contribution >= 0.6 is 0 Å². The van der Waals surface area contributed by atoms with Gasteiger partial charge in [-0.15, -0.1) is 0 Å². The van der Waals surface area contributed by atoms with Crippen molar-refractivity contribution in [3.05, 3.63) is 46.9 Å². The fourth-order valence-corrected chi connectivity index (χ4v) is 2.09. The Kier molecular flexibility index (Phi) is 2.90. The Morgan fingerprint density at radius 3 is 2.65 bits per heavy atom. The lowest BCUT2D eigenvalue weighted by Gasteiger charge is -2.09. The van der Waals surface area contributed by atoms with Crippen molar-refractivity contribution in [3.63, 3.8) is 0 Å². The second-order valence-corrected chi connectivity index (χ2v) is 4.22. The number of fused-ring (bicyclic) bond motifs is 1. The van der Waals surface area contributed by atoms with Crippen LogP contribution in [0.5, 0.6) is 11.5 Å². The molecule has 0 saturated carbocycles. The topological polar surface area (TPSA) is 68.6 Å². The molecule has 0 unspecified atom stereocenters. The van der Waals surface area contributed by atoms with E-state index in [2.05, 4.69) is 10.1 Å². The third kappa shape index (κ3) is 1.91. The largest absolute Gasteiger partial charge is 0.493 e. The Morgan fingerprint density at radius 1 is 1.10 bits per heavy atom. The molecular formula is C14H13N3O3. The maximum Gasteiger partial charge on any atom is 0.274 e. The van der Waals surface area contributed by atoms with Gasteiger partial charge in [-0.1, -0.05) is 0 Å². The Labute approximate surface area is 114 Å². The summed E-state index contributed by atoms with van der Waals surface area (Å²) in [5.41, 5.74) is 1.99. The van der Waals surface area contributed by atoms with E-state index < -0.39 is 0 Å². The molecule has 1 N–H and O–H groups in total. The molecule has 1 aromatic carbocycles. The summed E-state index contributed by atoms with van der Waals surface area (Å²) in [6.45, 7) is 0. The summed E-state index contributed by atoms with van der Waals surface area (Å²) >= 11 is 0. The highest BCUT2D eigenvalue weighted by Gasteiger charge is 2.08. The Hall–Kier alpha value is -2.76. The first-order chi connectivity index (χ1) is 9.72. The Balaban J connectivity index is 2.17. The molecule has 0 amide bonds. The van der Waals surface area contributed by atoms with Crippen LogP contribution < -0.4 is 15.0 Å². The van der Waals surface area contributed by atoms with Crippen LogP contribution in [0.25, 0.3) is 16.9 Å². The van der Waals surface area contributed by atoms with Crippen LogP contribution in [0.2, 0.25) is 0 Å². The average molecular weight is 271 g/mol. The van der Waals surface area contributed by atoms with Crippen LogP contribution in [-0.2, 0) is 0 Å². The molecule has 102 valence electrons. The molecule has 0 aliphatic heterocycles. The lowest BCUT2D eigenvalue weighted by molar-refractivity contribution is 0.355. The van der Waals surface area contributed by atoms with E-state index in [4.69, 9.17) is 9.47 Å². The number of nitrogens with zero attached hydrogens (tertiary/aromatic N) is 2. The zero-order chi connectivity index (χ0) is 14.1. The third-order valence-corrected chi connectivity index (χ3v) is 3.08. The van der Waals surface area contributed by atoms with Crippen LogP contribution in [0.15, 0.2) is 41.3 Å². The predicted octanol–water partition coefficient (Wildman–Crippen LogP) is 1.71. The summed E-state index contributed by atoms with van der Waals surface area (Å²) < 4.78 is 11.8. The number of nitrogens with one attached hydrogen (secondary N) is 1. The summed E-state index contributed by atoms with van der Waals surface area (Å²) in [6.07, 6.45) is 1.58. The van der Waals surface area contributed by atoms with Crippen LogP contribution in [-0.4, -0.2) is 28.8 Å². The minimum atomic E-state index is -0.187. The SMILES string of the molecule is COc1ccc(-c2cc(=O)n3nccc3[nH]2)cc1OC. The molecule has 2 heterocycles. The molecule has 0 atom stereocenters. The molecule has 3 aromatic rings. The molecule has 0 fully saturated rings. The highest BCUT2D eigenvalue weighted by atomic mass is 16.5. The van der Waals surface area contributed by atoms with Crippen LogP contribution in [0.4, 0.5) is 0 Å². The predicted molar refractivity (Wildman–Crippen MR) is 74.4 cm³/mol. The van der Waals surface area contributed by atoms with Gasteiger partial charge < -0.3 is 14.5 Å². The second kappa shape index (κ2) is 4.73. The summed E-state index contributed by atoms with van der Waals surface area (Å²) in [5.74, 6) is 1.25. The quantitative estimate of drug-likeness (QED) is 0.787. The molecule has 6 heteroatoms. The number of hydrogen-bond acceptors (Lipinski definition) is 4. The van der Waals surface area contributed by atoms with Gasteiger partial charge in [-0.3, -0.25) is 4.79 Å². The van der Waals surface area contributed by atoms with Crippen molar-refractivity contribution < 1.29 is 9.47 Å². The van der Waals surface area contributed by atoms with E-state index in [0.29, 0.717) is 22.8 Å². The molecule has 0 spiro atoms. The van der Waals surface area contributed by atoms with E-state index in [-0.39, 0.29) is 5.56 Å². The Morgan fingerprint density at radius 2 is 1.90 bits per heavy atom. The van der Waals surface area contributed by atoms with Gasteiger partial charge in [0.25, 0.3) is 5.56 Å². The molecule has 20 heavy (non-hydrogen) atoms. The summed E-state index contributed by atoms with van der Waals surface area (Å²) in [5, 5.41) is 3.94. The average Bonchev–Trinajstić information content (AvgIpc) is 2.95. The van der Waals surface area contributed by atoms with Crippen molar-refractivity contribution in [1.29, 1.82) is 0 Å². The van der Waals surface area contributed by atoms with Gasteiger partial charge in [0.1, 0.15) is 5.65 Å². The van der Waals surface area contributed by atoms with Crippen LogP contribution in [0.3, 0.4) is 0 Å². The normalized spacial score (nSPS) is 10.7. The first-order valence-electron chi connectivity index (χ1n) is 6.02. The first kappa shape index (κ1) is 12.3. The number of methoxy groups -OCH3 is 2. The van der Waals surface area contributed by atoms with E-state index >= 15 is 0 Å². The Bertz CT molecular complexity index is 820. The van der Waals surface area contributed by atoms with E-state index in [0.717, 1.165) is 5.56 Å². The van der Waals surface area contributed by atoms with E-state index in [1.165, 1.54) is 10.6 Å². The lowest BCUT2D eigenvalue weighted by Crippen LogP contribution is -2.14. The lowest BCUT2D eigenvalue weighted by atomic mass is 10.1. The fraction of sp³-hybridized carbons (Fsp3) is 0.143. The molecule has 0 aliphatic rings. The van der Waals surface area contributed by atoms with Crippen molar-refractivity contribution in [2.24, 2.45) is 0 Å². The number of aromatic amines is 1.